The van der Waals surface area contributed by atoms with Gasteiger partial charge in [0.25, 0.3) is 6.43 Å². The van der Waals surface area contributed by atoms with Crippen molar-refractivity contribution >= 4 is 22.2 Å². The van der Waals surface area contributed by atoms with Crippen LogP contribution in [0.25, 0.3) is 0 Å². The van der Waals surface area contributed by atoms with E-state index in [1.165, 1.54) is 12.1 Å². The van der Waals surface area contributed by atoms with E-state index in [9.17, 15) is 13.6 Å². The Bertz CT molecular complexity index is 329. The summed E-state index contributed by atoms with van der Waals surface area (Å²) in [6.45, 7) is -0.667. The fraction of sp³-hybridized carbons (Fsp3) is 0.222. The lowest BCUT2D eigenvalue weighted by Gasteiger charge is -2.06. The second kappa shape index (κ2) is 5.05. The van der Waals surface area contributed by atoms with E-state index in [2.05, 4.69) is 15.9 Å². The van der Waals surface area contributed by atoms with E-state index in [1.54, 1.807) is 6.07 Å². The van der Waals surface area contributed by atoms with Crippen LogP contribution in [-0.2, 0) is 0 Å². The van der Waals surface area contributed by atoms with Gasteiger partial charge in [0.2, 0.25) is 0 Å². The summed E-state index contributed by atoms with van der Waals surface area (Å²) in [4.78, 5) is 10.5. The number of rotatable bonds is 4. The van der Waals surface area contributed by atoms with E-state index in [-0.39, 0.29) is 5.75 Å². The number of halogens is 3. The van der Waals surface area contributed by atoms with E-state index >= 15 is 0 Å². The van der Waals surface area contributed by atoms with Crippen LogP contribution >= 0.6 is 15.9 Å². The SMILES string of the molecule is O=Cc1cc(OCC(F)F)ccc1Br. The maximum Gasteiger partial charge on any atom is 0.272 e. The van der Waals surface area contributed by atoms with Gasteiger partial charge in [0, 0.05) is 10.0 Å². The van der Waals surface area contributed by atoms with Gasteiger partial charge in [-0.1, -0.05) is 15.9 Å². The number of aldehydes is 1. The molecule has 5 heteroatoms. The molecular formula is C9H7BrF2O2. The highest BCUT2D eigenvalue weighted by atomic mass is 79.9. The maximum atomic E-state index is 11.8. The molecule has 1 aromatic carbocycles. The van der Waals surface area contributed by atoms with Crippen LogP contribution in [-0.4, -0.2) is 19.3 Å². The minimum atomic E-state index is -2.52. The largest absolute Gasteiger partial charge is 0.488 e. The number of carbonyl (C=O) groups excluding carboxylic acids is 1. The Morgan fingerprint density at radius 2 is 2.21 bits per heavy atom. The van der Waals surface area contributed by atoms with Crippen molar-refractivity contribution in [2.45, 2.75) is 6.43 Å². The van der Waals surface area contributed by atoms with Crippen molar-refractivity contribution in [1.82, 2.24) is 0 Å². The van der Waals surface area contributed by atoms with E-state index in [0.29, 0.717) is 16.3 Å². The number of alkyl halides is 2. The van der Waals surface area contributed by atoms with Crippen LogP contribution in [0.4, 0.5) is 8.78 Å². The number of carbonyl (C=O) groups is 1. The molecule has 0 saturated carbocycles. The molecule has 0 fully saturated rings. The van der Waals surface area contributed by atoms with Crippen LogP contribution in [0.1, 0.15) is 10.4 Å². The molecule has 14 heavy (non-hydrogen) atoms. The Balaban J connectivity index is 2.74. The van der Waals surface area contributed by atoms with Crippen molar-refractivity contribution < 1.29 is 18.3 Å². The van der Waals surface area contributed by atoms with Crippen LogP contribution in [0.3, 0.4) is 0 Å². The Morgan fingerprint density at radius 3 is 2.79 bits per heavy atom. The molecule has 1 aromatic rings. The lowest BCUT2D eigenvalue weighted by molar-refractivity contribution is 0.0818. The zero-order chi connectivity index (χ0) is 10.6. The van der Waals surface area contributed by atoms with Crippen molar-refractivity contribution in [2.24, 2.45) is 0 Å². The smallest absolute Gasteiger partial charge is 0.272 e. The Morgan fingerprint density at radius 1 is 1.50 bits per heavy atom. The van der Waals surface area contributed by atoms with Gasteiger partial charge in [-0.25, -0.2) is 8.78 Å². The molecule has 0 aliphatic rings. The van der Waals surface area contributed by atoms with Gasteiger partial charge in [-0.2, -0.15) is 0 Å². The fourth-order valence-corrected chi connectivity index (χ4v) is 1.20. The summed E-state index contributed by atoms with van der Waals surface area (Å²) in [5.74, 6) is 0.260. The number of ether oxygens (including phenoxy) is 1. The fourth-order valence-electron chi connectivity index (χ4n) is 0.861. The minimum absolute atomic E-state index is 0.260. The molecule has 0 heterocycles. The molecule has 0 amide bonds. The molecule has 0 atom stereocenters. The molecule has 0 unspecified atom stereocenters. The quantitative estimate of drug-likeness (QED) is 0.782. The van der Waals surface area contributed by atoms with Crippen molar-refractivity contribution in [2.75, 3.05) is 6.61 Å². The van der Waals surface area contributed by atoms with Gasteiger partial charge in [0.05, 0.1) is 0 Å². The van der Waals surface area contributed by atoms with Crippen LogP contribution in [0.15, 0.2) is 22.7 Å². The minimum Gasteiger partial charge on any atom is -0.488 e. The van der Waals surface area contributed by atoms with Crippen LogP contribution in [0, 0.1) is 0 Å². The summed E-state index contributed by atoms with van der Waals surface area (Å²) in [7, 11) is 0. The lowest BCUT2D eigenvalue weighted by atomic mass is 10.2. The van der Waals surface area contributed by atoms with Gasteiger partial charge in [-0.15, -0.1) is 0 Å². The molecular weight excluding hydrogens is 258 g/mol. The number of hydrogen-bond acceptors (Lipinski definition) is 2. The van der Waals surface area contributed by atoms with Crippen molar-refractivity contribution in [1.29, 1.82) is 0 Å². The normalized spacial score (nSPS) is 10.3. The number of benzene rings is 1. The summed E-state index contributed by atoms with van der Waals surface area (Å²) in [5.41, 5.74) is 0.372. The van der Waals surface area contributed by atoms with E-state index in [1.807, 2.05) is 0 Å². The molecule has 76 valence electrons. The molecule has 1 rings (SSSR count). The second-order valence-corrected chi connectivity index (χ2v) is 3.36. The number of hydrogen-bond donors (Lipinski definition) is 0. The third-order valence-electron chi connectivity index (χ3n) is 1.47. The van der Waals surface area contributed by atoms with Crippen LogP contribution in [0.2, 0.25) is 0 Å². The summed E-state index contributed by atoms with van der Waals surface area (Å²) in [6.07, 6.45) is -1.89. The summed E-state index contributed by atoms with van der Waals surface area (Å²) in [6, 6.07) is 4.49. The first-order chi connectivity index (χ1) is 6.63. The summed E-state index contributed by atoms with van der Waals surface area (Å²) in [5, 5.41) is 0. The van der Waals surface area contributed by atoms with Gasteiger partial charge >= 0.3 is 0 Å². The van der Waals surface area contributed by atoms with Gasteiger partial charge in [-0.3, -0.25) is 4.79 Å². The third kappa shape index (κ3) is 3.06. The van der Waals surface area contributed by atoms with E-state index in [4.69, 9.17) is 4.74 Å². The van der Waals surface area contributed by atoms with Gasteiger partial charge in [0.15, 0.2) is 6.29 Å². The molecule has 0 N–H and O–H groups in total. The van der Waals surface area contributed by atoms with Crippen molar-refractivity contribution in [3.63, 3.8) is 0 Å². The summed E-state index contributed by atoms with van der Waals surface area (Å²) < 4.78 is 28.9. The van der Waals surface area contributed by atoms with Crippen molar-refractivity contribution in [3.05, 3.63) is 28.2 Å². The molecule has 0 aliphatic heterocycles. The molecule has 0 bridgehead atoms. The van der Waals surface area contributed by atoms with Crippen LogP contribution < -0.4 is 4.74 Å². The predicted octanol–water partition coefficient (Wildman–Crippen LogP) is 2.91. The topological polar surface area (TPSA) is 26.3 Å². The second-order valence-electron chi connectivity index (χ2n) is 2.50. The van der Waals surface area contributed by atoms with Gasteiger partial charge in [-0.05, 0) is 18.2 Å². The van der Waals surface area contributed by atoms with Gasteiger partial charge in [0.1, 0.15) is 12.4 Å². The van der Waals surface area contributed by atoms with Crippen molar-refractivity contribution in [3.8, 4) is 5.75 Å². The standard InChI is InChI=1S/C9H7BrF2O2/c10-8-2-1-7(3-6(8)4-13)14-5-9(11)12/h1-4,9H,5H2. The van der Waals surface area contributed by atoms with Crippen LogP contribution in [0.5, 0.6) is 5.75 Å². The van der Waals surface area contributed by atoms with E-state index < -0.39 is 13.0 Å². The molecule has 0 saturated heterocycles. The lowest BCUT2D eigenvalue weighted by Crippen LogP contribution is -2.07. The Labute approximate surface area is 88.0 Å². The summed E-state index contributed by atoms with van der Waals surface area (Å²) >= 11 is 3.14. The first-order valence-corrected chi connectivity index (χ1v) is 4.58. The highest BCUT2D eigenvalue weighted by Gasteiger charge is 2.05. The first kappa shape index (κ1) is 11.1. The van der Waals surface area contributed by atoms with E-state index in [0.717, 1.165) is 0 Å². The van der Waals surface area contributed by atoms with Gasteiger partial charge < -0.3 is 4.74 Å². The molecule has 0 spiro atoms. The first-order valence-electron chi connectivity index (χ1n) is 3.79. The zero-order valence-electron chi connectivity index (χ0n) is 7.04. The predicted molar refractivity (Wildman–Crippen MR) is 51.0 cm³/mol. The average molecular weight is 265 g/mol. The molecule has 0 aliphatic carbocycles. The molecule has 0 radical (unpaired) electrons. The molecule has 2 nitrogen and oxygen atoms in total. The Hall–Kier alpha value is -0.970. The molecule has 0 aromatic heterocycles. The highest BCUT2D eigenvalue weighted by molar-refractivity contribution is 9.10. The third-order valence-corrected chi connectivity index (χ3v) is 2.19. The highest BCUT2D eigenvalue weighted by Crippen LogP contribution is 2.21. The zero-order valence-corrected chi connectivity index (χ0v) is 8.63. The monoisotopic (exact) mass is 264 g/mol. The Kier molecular flexibility index (Phi) is 4.00. The average Bonchev–Trinajstić information content (AvgIpc) is 2.16. The maximum absolute atomic E-state index is 11.8.